The minimum atomic E-state index is -0.272. The zero-order valence-electron chi connectivity index (χ0n) is 16.7. The van der Waals surface area contributed by atoms with Crippen molar-refractivity contribution in [3.05, 3.63) is 29.3 Å². The van der Waals surface area contributed by atoms with Gasteiger partial charge in [0, 0.05) is 10.9 Å². The molecule has 150 valence electrons. The van der Waals surface area contributed by atoms with E-state index < -0.39 is 0 Å². The van der Waals surface area contributed by atoms with E-state index in [1.165, 1.54) is 17.7 Å². The number of esters is 1. The minimum absolute atomic E-state index is 0.0750. The van der Waals surface area contributed by atoms with Gasteiger partial charge in [0.25, 0.3) is 0 Å². The predicted molar refractivity (Wildman–Crippen MR) is 114 cm³/mol. The summed E-state index contributed by atoms with van der Waals surface area (Å²) in [5, 5.41) is 3.39. The second kappa shape index (κ2) is 8.25. The Morgan fingerprint density at radius 1 is 1.32 bits per heavy atom. The van der Waals surface area contributed by atoms with Crippen LogP contribution < -0.4 is 5.32 Å². The van der Waals surface area contributed by atoms with E-state index in [0.717, 1.165) is 24.2 Å². The normalized spacial score (nSPS) is 30.1. The van der Waals surface area contributed by atoms with E-state index in [-0.39, 0.29) is 17.3 Å². The lowest BCUT2D eigenvalue weighted by Crippen LogP contribution is -2.39. The lowest BCUT2D eigenvalue weighted by atomic mass is 9.90. The number of thioether (sulfide) groups is 1. The van der Waals surface area contributed by atoms with Gasteiger partial charge in [-0.3, -0.25) is 9.98 Å². The van der Waals surface area contributed by atoms with Gasteiger partial charge in [-0.05, 0) is 70.5 Å². The quantitative estimate of drug-likeness (QED) is 0.786. The molecule has 4 rings (SSSR count). The number of benzene rings is 1. The number of ether oxygens (including phenoxy) is 1. The lowest BCUT2D eigenvalue weighted by Gasteiger charge is -2.32. The van der Waals surface area contributed by atoms with Crippen molar-refractivity contribution in [1.29, 1.82) is 0 Å². The first-order valence-corrected chi connectivity index (χ1v) is 10.9. The maximum atomic E-state index is 12.2. The number of amidine groups is 1. The Labute approximate surface area is 170 Å². The summed E-state index contributed by atoms with van der Waals surface area (Å²) in [6.07, 6.45) is 6.39. The summed E-state index contributed by atoms with van der Waals surface area (Å²) in [5.41, 5.74) is 1.73. The van der Waals surface area contributed by atoms with Crippen molar-refractivity contribution in [3.8, 4) is 0 Å². The van der Waals surface area contributed by atoms with E-state index in [4.69, 9.17) is 9.73 Å². The van der Waals surface area contributed by atoms with Gasteiger partial charge in [0.15, 0.2) is 0 Å². The highest BCUT2D eigenvalue weighted by Gasteiger charge is 2.39. The van der Waals surface area contributed by atoms with Crippen molar-refractivity contribution < 1.29 is 9.53 Å². The van der Waals surface area contributed by atoms with Crippen LogP contribution in [0.4, 0.5) is 0 Å². The van der Waals surface area contributed by atoms with E-state index in [2.05, 4.69) is 29.3 Å². The molecular formula is C21H28N4O2S. The topological polar surface area (TPSA) is 66.3 Å². The molecule has 3 aliphatic rings. The van der Waals surface area contributed by atoms with Crippen LogP contribution in [0.5, 0.6) is 0 Å². The zero-order chi connectivity index (χ0) is 19.7. The van der Waals surface area contributed by atoms with Crippen LogP contribution >= 0.6 is 11.8 Å². The third-order valence-electron chi connectivity index (χ3n) is 5.84. The molecule has 2 aliphatic heterocycles. The van der Waals surface area contributed by atoms with Crippen LogP contribution in [0.15, 0.2) is 33.1 Å². The summed E-state index contributed by atoms with van der Waals surface area (Å²) in [7, 11) is 4.32. The van der Waals surface area contributed by atoms with E-state index in [0.29, 0.717) is 24.3 Å². The monoisotopic (exact) mass is 400 g/mol. The van der Waals surface area contributed by atoms with E-state index in [9.17, 15) is 4.79 Å². The summed E-state index contributed by atoms with van der Waals surface area (Å²) in [4.78, 5) is 25.4. The first-order valence-electron chi connectivity index (χ1n) is 10.1. The third kappa shape index (κ3) is 3.82. The molecular weight excluding hydrogens is 372 g/mol. The predicted octanol–water partition coefficient (Wildman–Crippen LogP) is 3.28. The molecule has 1 aliphatic carbocycles. The molecule has 1 aromatic carbocycles. The molecule has 2 unspecified atom stereocenters. The molecule has 1 aromatic rings. The molecule has 6 nitrogen and oxygen atoms in total. The van der Waals surface area contributed by atoms with Crippen molar-refractivity contribution in [3.63, 3.8) is 0 Å². The van der Waals surface area contributed by atoms with Gasteiger partial charge < -0.3 is 15.0 Å². The summed E-state index contributed by atoms with van der Waals surface area (Å²) >= 11 is 1.75. The molecule has 2 heterocycles. The van der Waals surface area contributed by atoms with Crippen LogP contribution in [0.2, 0.25) is 0 Å². The number of carbonyl (C=O) groups is 1. The van der Waals surface area contributed by atoms with Crippen molar-refractivity contribution in [2.45, 2.75) is 60.9 Å². The highest BCUT2D eigenvalue weighted by Crippen LogP contribution is 2.47. The smallest absolute Gasteiger partial charge is 0.338 e. The first-order chi connectivity index (χ1) is 13.6. The summed E-state index contributed by atoms with van der Waals surface area (Å²) in [6.45, 7) is 2.21. The van der Waals surface area contributed by atoms with Gasteiger partial charge in [0.05, 0.1) is 30.5 Å². The molecule has 1 saturated carbocycles. The number of hydrogen-bond acceptors (Lipinski definition) is 6. The van der Waals surface area contributed by atoms with Crippen molar-refractivity contribution in [2.24, 2.45) is 9.98 Å². The second-order valence-corrected chi connectivity index (χ2v) is 8.98. The van der Waals surface area contributed by atoms with Gasteiger partial charge in [-0.25, -0.2) is 4.79 Å². The average Bonchev–Trinajstić information content (AvgIpc) is 3.07. The summed E-state index contributed by atoms with van der Waals surface area (Å²) < 4.78 is 5.18. The van der Waals surface area contributed by atoms with Gasteiger partial charge in [-0.2, -0.15) is 0 Å². The maximum Gasteiger partial charge on any atom is 0.338 e. The van der Waals surface area contributed by atoms with Crippen LogP contribution in [0.1, 0.15) is 54.4 Å². The minimum Gasteiger partial charge on any atom is -0.462 e. The fourth-order valence-corrected chi connectivity index (χ4v) is 5.54. The van der Waals surface area contributed by atoms with Crippen molar-refractivity contribution >= 4 is 29.9 Å². The Bertz CT molecular complexity index is 800. The number of fused-ring (bicyclic) bond motifs is 3. The number of carbonyl (C=O) groups excluding carboxylic acids is 1. The summed E-state index contributed by atoms with van der Waals surface area (Å²) in [5.74, 6) is 0.790. The molecule has 0 aromatic heterocycles. The Morgan fingerprint density at radius 3 is 2.82 bits per heavy atom. The Morgan fingerprint density at radius 2 is 2.11 bits per heavy atom. The van der Waals surface area contributed by atoms with Gasteiger partial charge in [-0.1, -0.05) is 11.8 Å². The Hall–Kier alpha value is -1.86. The van der Waals surface area contributed by atoms with Gasteiger partial charge in [0.1, 0.15) is 11.2 Å². The van der Waals surface area contributed by atoms with Crippen molar-refractivity contribution in [1.82, 2.24) is 10.2 Å². The second-order valence-electron chi connectivity index (χ2n) is 7.82. The van der Waals surface area contributed by atoms with Crippen LogP contribution in [0.25, 0.3) is 0 Å². The molecule has 2 atom stereocenters. The first kappa shape index (κ1) is 19.5. The van der Waals surface area contributed by atoms with E-state index in [1.807, 2.05) is 25.1 Å². The van der Waals surface area contributed by atoms with Gasteiger partial charge >= 0.3 is 5.97 Å². The number of rotatable bonds is 4. The number of nitrogens with zero attached hydrogens (tertiary/aromatic N) is 3. The molecule has 0 spiro atoms. The SMILES string of the molecule is CCOC(=O)c1ccc2c(c1)C1C(=NC3CCC(N(C)C)CC3)NC=NC1S2. The number of hydrogen-bond donors (Lipinski definition) is 1. The highest BCUT2D eigenvalue weighted by molar-refractivity contribution is 8.00. The fourth-order valence-electron chi connectivity index (χ4n) is 4.28. The van der Waals surface area contributed by atoms with Crippen LogP contribution in [0.3, 0.4) is 0 Å². The largest absolute Gasteiger partial charge is 0.462 e. The molecule has 28 heavy (non-hydrogen) atoms. The molecule has 1 fully saturated rings. The highest BCUT2D eigenvalue weighted by atomic mass is 32.2. The molecule has 0 bridgehead atoms. The fraction of sp³-hybridized carbons (Fsp3) is 0.571. The van der Waals surface area contributed by atoms with Gasteiger partial charge in [-0.15, -0.1) is 0 Å². The molecule has 0 saturated heterocycles. The van der Waals surface area contributed by atoms with Crippen LogP contribution in [-0.2, 0) is 4.74 Å². The lowest BCUT2D eigenvalue weighted by molar-refractivity contribution is 0.0526. The molecule has 0 amide bonds. The number of aliphatic imine (C=N–C) groups is 2. The van der Waals surface area contributed by atoms with Crippen molar-refractivity contribution in [2.75, 3.05) is 20.7 Å². The molecule has 7 heteroatoms. The standard InChI is InChI=1S/C21H28N4O2S/c1-4-27-21(26)13-5-10-17-16(11-13)18-19(22-12-23-20(18)28-17)24-14-6-8-15(9-7-14)25(2)3/h5,10-12,14-15,18,20H,4,6-9H2,1-3H3,(H,22,23,24). The molecule has 1 N–H and O–H groups in total. The number of nitrogens with one attached hydrogen (secondary N) is 1. The van der Waals surface area contributed by atoms with E-state index >= 15 is 0 Å². The molecule has 0 radical (unpaired) electrons. The zero-order valence-corrected chi connectivity index (χ0v) is 17.5. The Kier molecular flexibility index (Phi) is 5.73. The summed E-state index contributed by atoms with van der Waals surface area (Å²) in [6, 6.07) is 6.84. The van der Waals surface area contributed by atoms with Gasteiger partial charge in [0.2, 0.25) is 0 Å². The van der Waals surface area contributed by atoms with Crippen LogP contribution in [0, 0.1) is 0 Å². The van der Waals surface area contributed by atoms with E-state index in [1.54, 1.807) is 18.1 Å². The third-order valence-corrected chi connectivity index (χ3v) is 7.10. The Balaban J connectivity index is 1.57. The average molecular weight is 401 g/mol. The maximum absolute atomic E-state index is 12.2. The van der Waals surface area contributed by atoms with Crippen LogP contribution in [-0.4, -0.2) is 61.2 Å².